The van der Waals surface area contributed by atoms with Gasteiger partial charge in [-0.05, 0) is 19.1 Å². The summed E-state index contributed by atoms with van der Waals surface area (Å²) in [6, 6.07) is 4.60. The fourth-order valence-electron chi connectivity index (χ4n) is 2.92. The van der Waals surface area contributed by atoms with Crippen molar-refractivity contribution in [1.29, 1.82) is 5.26 Å². The average Bonchev–Trinajstić information content (AvgIpc) is 2.99. The summed E-state index contributed by atoms with van der Waals surface area (Å²) in [4.78, 5) is 14.2. The molecule has 23 heavy (non-hydrogen) atoms. The lowest BCUT2D eigenvalue weighted by atomic mass is 9.80. The standard InChI is InChI=1S/C13H15N5O5/c1-12(22)9(20)7(4-19)23-13(12,5-14)8-3-2-6-10(21)16-11(15)17-18(6)8/h2-3,7,9,19-20,22H,4H2,1H3,(H3,15,16,17,21)/t7-,9-,12-,13+/m1/s1. The van der Waals surface area contributed by atoms with Gasteiger partial charge in [-0.15, -0.1) is 5.10 Å². The highest BCUT2D eigenvalue weighted by Crippen LogP contribution is 2.46. The SMILES string of the molecule is C[C@@]1(O)[C@H](O)[C@@H](CO)O[C@@]1(C#N)c1ccc2c(=O)[nH]c(N)nn12. The van der Waals surface area contributed by atoms with Gasteiger partial charge in [-0.2, -0.15) is 5.26 Å². The number of hydrogen-bond donors (Lipinski definition) is 5. The lowest BCUT2D eigenvalue weighted by Gasteiger charge is -2.33. The minimum Gasteiger partial charge on any atom is -0.394 e. The zero-order chi connectivity index (χ0) is 17.0. The Kier molecular flexibility index (Phi) is 3.20. The summed E-state index contributed by atoms with van der Waals surface area (Å²) in [6.07, 6.45) is -2.69. The summed E-state index contributed by atoms with van der Waals surface area (Å²) < 4.78 is 6.56. The van der Waals surface area contributed by atoms with Gasteiger partial charge in [-0.1, -0.05) is 0 Å². The molecule has 0 aliphatic carbocycles. The molecule has 3 heterocycles. The molecule has 0 spiro atoms. The maximum absolute atomic E-state index is 11.9. The lowest BCUT2D eigenvalue weighted by molar-refractivity contribution is -0.109. The Hall–Kier alpha value is -2.45. The van der Waals surface area contributed by atoms with Gasteiger partial charge in [0.1, 0.15) is 29.4 Å². The molecule has 122 valence electrons. The van der Waals surface area contributed by atoms with Crippen molar-refractivity contribution in [3.8, 4) is 6.07 Å². The number of fused-ring (bicyclic) bond motifs is 1. The number of H-pyrrole nitrogens is 1. The summed E-state index contributed by atoms with van der Waals surface area (Å²) in [6.45, 7) is 0.618. The van der Waals surface area contributed by atoms with E-state index in [4.69, 9.17) is 10.5 Å². The summed E-state index contributed by atoms with van der Waals surface area (Å²) in [5.74, 6) is -0.190. The van der Waals surface area contributed by atoms with E-state index in [1.165, 1.54) is 19.1 Å². The second-order valence-corrected chi connectivity index (χ2v) is 5.58. The van der Waals surface area contributed by atoms with Crippen LogP contribution in [0.4, 0.5) is 5.95 Å². The van der Waals surface area contributed by atoms with E-state index in [1.807, 2.05) is 6.07 Å². The Morgan fingerprint density at radius 1 is 1.61 bits per heavy atom. The van der Waals surface area contributed by atoms with E-state index in [-0.39, 0.29) is 17.2 Å². The van der Waals surface area contributed by atoms with Crippen LogP contribution in [0.25, 0.3) is 5.52 Å². The predicted octanol–water partition coefficient (Wildman–Crippen LogP) is -2.17. The van der Waals surface area contributed by atoms with Gasteiger partial charge >= 0.3 is 0 Å². The van der Waals surface area contributed by atoms with Gasteiger partial charge in [0.15, 0.2) is 0 Å². The minimum absolute atomic E-state index is 0.0211. The van der Waals surface area contributed by atoms with Crippen LogP contribution >= 0.6 is 0 Å². The molecule has 10 heteroatoms. The van der Waals surface area contributed by atoms with E-state index in [2.05, 4.69) is 10.1 Å². The third-order valence-electron chi connectivity index (χ3n) is 4.20. The molecule has 4 atom stereocenters. The Morgan fingerprint density at radius 3 is 2.87 bits per heavy atom. The molecular formula is C13H15N5O5. The molecule has 1 aliphatic heterocycles. The molecule has 6 N–H and O–H groups in total. The van der Waals surface area contributed by atoms with Crippen LogP contribution in [0.2, 0.25) is 0 Å². The summed E-state index contributed by atoms with van der Waals surface area (Å²) in [5, 5.41) is 43.7. The fraction of sp³-hybridized carbons (Fsp3) is 0.462. The third kappa shape index (κ3) is 1.82. The van der Waals surface area contributed by atoms with Gasteiger partial charge in [0, 0.05) is 0 Å². The monoisotopic (exact) mass is 321 g/mol. The van der Waals surface area contributed by atoms with Crippen LogP contribution in [-0.2, 0) is 10.3 Å². The van der Waals surface area contributed by atoms with Crippen LogP contribution in [-0.4, -0.2) is 54.3 Å². The number of anilines is 1. The summed E-state index contributed by atoms with van der Waals surface area (Å²) >= 11 is 0. The van der Waals surface area contributed by atoms with Crippen molar-refractivity contribution in [3.63, 3.8) is 0 Å². The Labute approximate surface area is 129 Å². The Bertz CT molecular complexity index is 866. The molecule has 2 aromatic rings. The first-order chi connectivity index (χ1) is 10.8. The second kappa shape index (κ2) is 4.77. The number of rotatable bonds is 2. The number of aliphatic hydroxyl groups excluding tert-OH is 2. The van der Waals surface area contributed by atoms with Crippen molar-refractivity contribution in [2.24, 2.45) is 0 Å². The van der Waals surface area contributed by atoms with Crippen LogP contribution in [0.1, 0.15) is 12.6 Å². The zero-order valence-electron chi connectivity index (χ0n) is 12.1. The van der Waals surface area contributed by atoms with E-state index in [9.17, 15) is 25.4 Å². The van der Waals surface area contributed by atoms with Crippen LogP contribution in [0, 0.1) is 11.3 Å². The maximum Gasteiger partial charge on any atom is 0.276 e. The van der Waals surface area contributed by atoms with Gasteiger partial charge in [-0.3, -0.25) is 9.78 Å². The quantitative estimate of drug-likeness (QED) is 0.416. The van der Waals surface area contributed by atoms with Crippen LogP contribution in [0.3, 0.4) is 0 Å². The molecule has 0 saturated carbocycles. The summed E-state index contributed by atoms with van der Waals surface area (Å²) in [7, 11) is 0. The van der Waals surface area contributed by atoms with Gasteiger partial charge in [0.05, 0.1) is 12.3 Å². The Balaban J connectivity index is 2.32. The van der Waals surface area contributed by atoms with Crippen molar-refractivity contribution in [3.05, 3.63) is 28.2 Å². The molecule has 0 unspecified atom stereocenters. The molecule has 0 amide bonds. The smallest absolute Gasteiger partial charge is 0.276 e. The molecule has 0 bridgehead atoms. The first kappa shape index (κ1) is 15.4. The van der Waals surface area contributed by atoms with Crippen molar-refractivity contribution >= 4 is 11.5 Å². The number of hydrogen-bond acceptors (Lipinski definition) is 8. The van der Waals surface area contributed by atoms with E-state index in [0.29, 0.717) is 0 Å². The second-order valence-electron chi connectivity index (χ2n) is 5.58. The minimum atomic E-state index is -2.05. The number of nitrogens with one attached hydrogen (secondary N) is 1. The van der Waals surface area contributed by atoms with E-state index >= 15 is 0 Å². The first-order valence-electron chi connectivity index (χ1n) is 6.77. The van der Waals surface area contributed by atoms with Gasteiger partial charge < -0.3 is 25.8 Å². The number of ether oxygens (including phenoxy) is 1. The number of nitrogen functional groups attached to an aromatic ring is 1. The highest BCUT2D eigenvalue weighted by Gasteiger charge is 2.65. The largest absolute Gasteiger partial charge is 0.394 e. The van der Waals surface area contributed by atoms with Gasteiger partial charge in [0.25, 0.3) is 5.56 Å². The van der Waals surface area contributed by atoms with Gasteiger partial charge in [-0.25, -0.2) is 4.52 Å². The predicted molar refractivity (Wildman–Crippen MR) is 76.1 cm³/mol. The highest BCUT2D eigenvalue weighted by molar-refractivity contribution is 5.51. The molecule has 0 aromatic carbocycles. The molecule has 3 rings (SSSR count). The van der Waals surface area contributed by atoms with E-state index < -0.39 is 35.6 Å². The Morgan fingerprint density at radius 2 is 2.30 bits per heavy atom. The molecule has 0 radical (unpaired) electrons. The van der Waals surface area contributed by atoms with E-state index in [1.54, 1.807) is 0 Å². The van der Waals surface area contributed by atoms with Gasteiger partial charge in [0.2, 0.25) is 11.5 Å². The maximum atomic E-state index is 11.9. The first-order valence-corrected chi connectivity index (χ1v) is 6.77. The fourth-order valence-corrected chi connectivity index (χ4v) is 2.92. The molecule has 10 nitrogen and oxygen atoms in total. The van der Waals surface area contributed by atoms with Crippen LogP contribution < -0.4 is 11.3 Å². The lowest BCUT2D eigenvalue weighted by Crippen LogP contribution is -2.52. The molecule has 1 aliphatic rings. The number of nitriles is 1. The third-order valence-corrected chi connectivity index (χ3v) is 4.20. The number of aromatic amines is 1. The number of aliphatic hydroxyl groups is 3. The van der Waals surface area contributed by atoms with Crippen molar-refractivity contribution in [1.82, 2.24) is 14.6 Å². The zero-order valence-corrected chi connectivity index (χ0v) is 12.1. The summed E-state index contributed by atoms with van der Waals surface area (Å²) in [5.41, 5.74) is 1.00. The highest BCUT2D eigenvalue weighted by atomic mass is 16.6. The molecule has 1 fully saturated rings. The van der Waals surface area contributed by atoms with Crippen LogP contribution in [0.15, 0.2) is 16.9 Å². The average molecular weight is 321 g/mol. The van der Waals surface area contributed by atoms with E-state index in [0.717, 1.165) is 4.52 Å². The van der Waals surface area contributed by atoms with Crippen molar-refractivity contribution < 1.29 is 20.1 Å². The molecule has 1 saturated heterocycles. The van der Waals surface area contributed by atoms with Crippen LogP contribution in [0.5, 0.6) is 0 Å². The topological polar surface area (TPSA) is 170 Å². The van der Waals surface area contributed by atoms with Crippen molar-refractivity contribution in [2.45, 2.75) is 30.3 Å². The normalized spacial score (nSPS) is 33.9. The molecule has 2 aromatic heterocycles. The molecular weight excluding hydrogens is 306 g/mol. The number of nitrogens with zero attached hydrogens (tertiary/aromatic N) is 3. The number of aromatic nitrogens is 3. The number of nitrogens with two attached hydrogens (primary N) is 1. The van der Waals surface area contributed by atoms with Crippen molar-refractivity contribution in [2.75, 3.05) is 12.3 Å².